The number of aliphatic carboxylic acids is 2. The van der Waals surface area contributed by atoms with Gasteiger partial charge in [-0.25, -0.2) is 9.59 Å². The van der Waals surface area contributed by atoms with Gasteiger partial charge in [-0.2, -0.15) is 26.3 Å². The van der Waals surface area contributed by atoms with E-state index in [0.29, 0.717) is 0 Å². The molecule has 15 heteroatoms. The maximum atomic E-state index is 10.6. The Bertz CT molecular complexity index is 843. The lowest BCUT2D eigenvalue weighted by molar-refractivity contribution is -0.193. The zero-order valence-corrected chi connectivity index (χ0v) is 21.0. The third-order valence-corrected chi connectivity index (χ3v) is 5.70. The molecule has 1 aromatic rings. The van der Waals surface area contributed by atoms with Gasteiger partial charge in [-0.1, -0.05) is 12.1 Å². The monoisotopic (exact) mass is 562 g/mol. The Balaban J connectivity index is 0.000000426. The first-order valence-corrected chi connectivity index (χ1v) is 11.4. The van der Waals surface area contributed by atoms with Gasteiger partial charge < -0.3 is 29.3 Å². The van der Waals surface area contributed by atoms with Gasteiger partial charge in [0.25, 0.3) is 0 Å². The molecule has 0 radical (unpaired) electrons. The fraction of sp³-hybridized carbons (Fsp3) is 0.652. The van der Waals surface area contributed by atoms with Crippen molar-refractivity contribution >= 4 is 11.9 Å². The topological polar surface area (TPSA) is 109 Å². The zero-order chi connectivity index (χ0) is 29.0. The van der Waals surface area contributed by atoms with Crippen LogP contribution in [-0.4, -0.2) is 111 Å². The Morgan fingerprint density at radius 1 is 0.947 bits per heavy atom. The lowest BCUT2D eigenvalue weighted by Gasteiger charge is -2.32. The summed E-state index contributed by atoms with van der Waals surface area (Å²) in [6, 6.07) is 8.41. The largest absolute Gasteiger partial charge is 0.497 e. The van der Waals surface area contributed by atoms with Crippen molar-refractivity contribution < 1.29 is 60.4 Å². The number of hydrogen-bond acceptors (Lipinski definition) is 7. The van der Waals surface area contributed by atoms with Crippen molar-refractivity contribution in [2.45, 2.75) is 25.3 Å². The number of ether oxygens (including phenoxy) is 3. The van der Waals surface area contributed by atoms with Crippen LogP contribution in [0.2, 0.25) is 0 Å². The maximum Gasteiger partial charge on any atom is 0.490 e. The molecule has 2 fully saturated rings. The van der Waals surface area contributed by atoms with Crippen LogP contribution in [0.4, 0.5) is 26.3 Å². The molecule has 218 valence electrons. The minimum Gasteiger partial charge on any atom is -0.497 e. The second-order valence-corrected chi connectivity index (χ2v) is 8.74. The lowest BCUT2D eigenvalue weighted by Crippen LogP contribution is -2.40. The zero-order valence-electron chi connectivity index (χ0n) is 21.0. The van der Waals surface area contributed by atoms with E-state index in [1.165, 1.54) is 12.0 Å². The van der Waals surface area contributed by atoms with Crippen LogP contribution in [0, 0.1) is 5.41 Å². The summed E-state index contributed by atoms with van der Waals surface area (Å²) in [5.41, 5.74) is 1.61. The van der Waals surface area contributed by atoms with Gasteiger partial charge in [0.05, 0.1) is 26.9 Å². The molecular weight excluding hydrogens is 530 g/mol. The molecule has 0 bridgehead atoms. The van der Waals surface area contributed by atoms with Gasteiger partial charge in [0.15, 0.2) is 0 Å². The number of likely N-dealkylation sites (tertiary alicyclic amines) is 1. The van der Waals surface area contributed by atoms with Gasteiger partial charge in [-0.05, 0) is 30.7 Å². The molecule has 3 rings (SSSR count). The van der Waals surface area contributed by atoms with E-state index in [-0.39, 0.29) is 5.41 Å². The number of halogens is 6. The molecule has 1 spiro atoms. The number of carboxylic acids is 2. The van der Waals surface area contributed by atoms with Crippen LogP contribution in [0.25, 0.3) is 0 Å². The summed E-state index contributed by atoms with van der Waals surface area (Å²) in [5, 5.41) is 14.2. The predicted octanol–water partition coefficient (Wildman–Crippen LogP) is 3.13. The number of carboxylic acid groups (broad SMARTS) is 2. The van der Waals surface area contributed by atoms with Crippen LogP contribution in [0.3, 0.4) is 0 Å². The number of rotatable bonds is 6. The highest BCUT2D eigenvalue weighted by Crippen LogP contribution is 2.33. The SMILES string of the molecule is COCCN1CCC2(COCCN(Cc3ccc(OC)cc3)C2)C1.O=C(O)C(F)(F)F.O=C(O)C(F)(F)F. The Morgan fingerprint density at radius 2 is 1.47 bits per heavy atom. The molecule has 2 saturated heterocycles. The average Bonchev–Trinajstić information content (AvgIpc) is 3.12. The fourth-order valence-corrected chi connectivity index (χ4v) is 3.89. The third-order valence-electron chi connectivity index (χ3n) is 5.70. The summed E-state index contributed by atoms with van der Waals surface area (Å²) in [4.78, 5) is 22.9. The molecule has 9 nitrogen and oxygen atoms in total. The van der Waals surface area contributed by atoms with Crippen LogP contribution in [0.5, 0.6) is 5.75 Å². The molecule has 2 aliphatic rings. The molecule has 0 aliphatic carbocycles. The van der Waals surface area contributed by atoms with Crippen molar-refractivity contribution in [3.05, 3.63) is 29.8 Å². The van der Waals surface area contributed by atoms with E-state index >= 15 is 0 Å². The lowest BCUT2D eigenvalue weighted by atomic mass is 9.87. The Kier molecular flexibility index (Phi) is 13.3. The number of methoxy groups -OCH3 is 2. The van der Waals surface area contributed by atoms with E-state index in [1.54, 1.807) is 14.2 Å². The second-order valence-electron chi connectivity index (χ2n) is 8.74. The van der Waals surface area contributed by atoms with Crippen LogP contribution >= 0.6 is 0 Å². The molecule has 1 aromatic carbocycles. The number of alkyl halides is 6. The standard InChI is InChI=1S/C19H30N2O3.2C2HF3O2/c1-22-11-9-20-8-7-19(14-20)15-21(10-12-24-16-19)13-17-3-5-18(23-2)6-4-17;2*3-2(4,5)1(6)7/h3-6H,7-16H2,1-2H3;2*(H,6,7). The fourth-order valence-electron chi connectivity index (χ4n) is 3.89. The Hall–Kier alpha value is -2.62. The van der Waals surface area contributed by atoms with Gasteiger partial charge in [0, 0.05) is 45.2 Å². The highest BCUT2D eigenvalue weighted by atomic mass is 19.4. The number of nitrogens with zero attached hydrogens (tertiary/aromatic N) is 2. The Morgan fingerprint density at radius 3 is 1.95 bits per heavy atom. The highest BCUT2D eigenvalue weighted by molar-refractivity contribution is 5.73. The summed E-state index contributed by atoms with van der Waals surface area (Å²) in [5.74, 6) is -4.60. The molecule has 2 N–H and O–H groups in total. The Labute approximate surface area is 215 Å². The van der Waals surface area contributed by atoms with Crippen molar-refractivity contribution in [3.63, 3.8) is 0 Å². The maximum absolute atomic E-state index is 10.6. The molecular formula is C23H32F6N2O7. The summed E-state index contributed by atoms with van der Waals surface area (Å²) in [6.45, 7) is 8.93. The van der Waals surface area contributed by atoms with Crippen LogP contribution < -0.4 is 4.74 Å². The average molecular weight is 563 g/mol. The summed E-state index contributed by atoms with van der Waals surface area (Å²) in [7, 11) is 3.48. The minimum atomic E-state index is -5.08. The second kappa shape index (κ2) is 15.1. The molecule has 0 amide bonds. The predicted molar refractivity (Wildman–Crippen MR) is 122 cm³/mol. The number of carbonyl (C=O) groups is 2. The minimum absolute atomic E-state index is 0.275. The van der Waals surface area contributed by atoms with E-state index in [2.05, 4.69) is 21.9 Å². The normalized spacial score (nSPS) is 20.5. The van der Waals surface area contributed by atoms with Gasteiger partial charge in [-0.3, -0.25) is 4.90 Å². The van der Waals surface area contributed by atoms with Crippen LogP contribution in [-0.2, 0) is 25.6 Å². The smallest absolute Gasteiger partial charge is 0.490 e. The van der Waals surface area contributed by atoms with E-state index < -0.39 is 24.3 Å². The van der Waals surface area contributed by atoms with Crippen LogP contribution in [0.1, 0.15) is 12.0 Å². The first-order chi connectivity index (χ1) is 17.6. The van der Waals surface area contributed by atoms with Gasteiger partial charge in [0.1, 0.15) is 5.75 Å². The van der Waals surface area contributed by atoms with E-state index in [4.69, 9.17) is 34.0 Å². The van der Waals surface area contributed by atoms with E-state index in [1.807, 2.05) is 12.1 Å². The van der Waals surface area contributed by atoms with Crippen LogP contribution in [0.15, 0.2) is 24.3 Å². The van der Waals surface area contributed by atoms with Crippen molar-refractivity contribution in [2.24, 2.45) is 5.41 Å². The molecule has 38 heavy (non-hydrogen) atoms. The van der Waals surface area contributed by atoms with E-state index in [9.17, 15) is 26.3 Å². The summed E-state index contributed by atoms with van der Waals surface area (Å²) in [6.07, 6.45) is -8.95. The molecule has 2 aliphatic heterocycles. The molecule has 0 aromatic heterocycles. The van der Waals surface area contributed by atoms with Crippen molar-refractivity contribution in [1.82, 2.24) is 9.80 Å². The molecule has 2 heterocycles. The van der Waals surface area contributed by atoms with Gasteiger partial charge >= 0.3 is 24.3 Å². The quantitative estimate of drug-likeness (QED) is 0.506. The first kappa shape index (κ1) is 33.4. The molecule has 1 atom stereocenters. The van der Waals surface area contributed by atoms with E-state index in [0.717, 1.165) is 64.8 Å². The third kappa shape index (κ3) is 12.3. The van der Waals surface area contributed by atoms with Crippen molar-refractivity contribution in [3.8, 4) is 5.75 Å². The van der Waals surface area contributed by atoms with Gasteiger partial charge in [0.2, 0.25) is 0 Å². The molecule has 1 unspecified atom stereocenters. The van der Waals surface area contributed by atoms with Crippen molar-refractivity contribution in [1.29, 1.82) is 0 Å². The summed E-state index contributed by atoms with van der Waals surface area (Å²) >= 11 is 0. The molecule has 0 saturated carbocycles. The van der Waals surface area contributed by atoms with Crippen molar-refractivity contribution in [2.75, 3.05) is 66.8 Å². The first-order valence-electron chi connectivity index (χ1n) is 11.4. The number of hydrogen-bond donors (Lipinski definition) is 2. The van der Waals surface area contributed by atoms with Gasteiger partial charge in [-0.15, -0.1) is 0 Å². The highest BCUT2D eigenvalue weighted by Gasteiger charge is 2.41. The summed E-state index contributed by atoms with van der Waals surface area (Å²) < 4.78 is 79.9. The number of benzene rings is 1.